The van der Waals surface area contributed by atoms with Gasteiger partial charge >= 0.3 is 5.97 Å². The Hall–Kier alpha value is -0.650. The zero-order chi connectivity index (χ0) is 28.7. The van der Waals surface area contributed by atoms with Crippen LogP contribution in [0.4, 0.5) is 0 Å². The lowest BCUT2D eigenvalue weighted by atomic mass is 10.0. The molecule has 0 radical (unpaired) electrons. The molecule has 0 N–H and O–H groups in total. The summed E-state index contributed by atoms with van der Waals surface area (Å²) >= 11 is 0. The normalized spacial score (nSPS) is 12.3. The molecule has 234 valence electrons. The highest BCUT2D eigenvalue weighted by Crippen LogP contribution is 2.15. The summed E-state index contributed by atoms with van der Waals surface area (Å²) in [5.74, 6) is 1.44. The molecule has 0 heterocycles. The molecule has 0 aromatic rings. The Bertz CT molecular complexity index is 482. The fourth-order valence-corrected chi connectivity index (χ4v) is 4.76. The monoisotopic (exact) mass is 557 g/mol. The first-order valence-corrected chi connectivity index (χ1v) is 17.0. The standard InChI is InChI=1S/C34H68O5/c1-5-7-23-33(6-2)31-38-30-29-37-28-27-36-25-21-24-34(35)39-26-20-18-16-14-12-10-8-9-11-13-15-17-19-22-32(3)4/h32-33H,5-31H2,1-4H3. The maximum absolute atomic E-state index is 11.9. The van der Waals surface area contributed by atoms with Crippen LogP contribution in [0.3, 0.4) is 0 Å². The number of carbonyl (C=O) groups is 1. The Morgan fingerprint density at radius 1 is 0.538 bits per heavy atom. The fourth-order valence-electron chi connectivity index (χ4n) is 4.76. The first kappa shape index (κ1) is 38.4. The lowest BCUT2D eigenvalue weighted by Gasteiger charge is -2.14. The van der Waals surface area contributed by atoms with Gasteiger partial charge in [0.15, 0.2) is 0 Å². The van der Waals surface area contributed by atoms with E-state index in [0.29, 0.717) is 58.4 Å². The van der Waals surface area contributed by atoms with Crippen LogP contribution in [0.5, 0.6) is 0 Å². The molecule has 0 amide bonds. The molecule has 1 atom stereocenters. The quantitative estimate of drug-likeness (QED) is 0.0610. The van der Waals surface area contributed by atoms with Crippen LogP contribution in [0.2, 0.25) is 0 Å². The molecule has 0 aromatic carbocycles. The summed E-state index contributed by atoms with van der Waals surface area (Å²) in [6.07, 6.45) is 24.9. The van der Waals surface area contributed by atoms with Crippen LogP contribution in [0.1, 0.15) is 156 Å². The molecule has 0 aliphatic heterocycles. The van der Waals surface area contributed by atoms with Crippen LogP contribution in [-0.2, 0) is 23.7 Å². The van der Waals surface area contributed by atoms with Gasteiger partial charge in [0.05, 0.1) is 33.0 Å². The molecule has 0 aliphatic carbocycles. The second kappa shape index (κ2) is 31.9. The Kier molecular flexibility index (Phi) is 31.3. The van der Waals surface area contributed by atoms with Crippen molar-refractivity contribution in [2.45, 2.75) is 156 Å². The Morgan fingerprint density at radius 2 is 1.05 bits per heavy atom. The lowest BCUT2D eigenvalue weighted by molar-refractivity contribution is -0.144. The van der Waals surface area contributed by atoms with Crippen molar-refractivity contribution >= 4 is 5.97 Å². The Balaban J connectivity index is 3.23. The molecule has 1 unspecified atom stereocenters. The van der Waals surface area contributed by atoms with Gasteiger partial charge in [-0.3, -0.25) is 4.79 Å². The number of unbranched alkanes of at least 4 members (excludes halogenated alkanes) is 13. The highest BCUT2D eigenvalue weighted by atomic mass is 16.5. The SMILES string of the molecule is CCCCC(CC)COCCOCCOCCCC(=O)OCCCCCCCCCCCCCCCC(C)C. The number of carbonyl (C=O) groups excluding carboxylic acids is 1. The molecule has 0 saturated heterocycles. The molecule has 0 aromatic heterocycles. The predicted molar refractivity (Wildman–Crippen MR) is 165 cm³/mol. The van der Waals surface area contributed by atoms with Crippen LogP contribution < -0.4 is 0 Å². The van der Waals surface area contributed by atoms with Gasteiger partial charge in [0.2, 0.25) is 0 Å². The molecular formula is C34H68O5. The van der Waals surface area contributed by atoms with Crippen LogP contribution in [0, 0.1) is 11.8 Å². The Morgan fingerprint density at radius 3 is 1.59 bits per heavy atom. The van der Waals surface area contributed by atoms with Gasteiger partial charge in [0.25, 0.3) is 0 Å². The molecule has 5 nitrogen and oxygen atoms in total. The van der Waals surface area contributed by atoms with E-state index >= 15 is 0 Å². The van der Waals surface area contributed by atoms with E-state index in [1.807, 2.05) is 0 Å². The zero-order valence-corrected chi connectivity index (χ0v) is 26.8. The summed E-state index contributed by atoms with van der Waals surface area (Å²) in [6.45, 7) is 13.5. The van der Waals surface area contributed by atoms with E-state index < -0.39 is 0 Å². The van der Waals surface area contributed by atoms with Gasteiger partial charge in [-0.15, -0.1) is 0 Å². The molecule has 0 aliphatic rings. The summed E-state index contributed by atoms with van der Waals surface area (Å²) in [5.41, 5.74) is 0. The van der Waals surface area contributed by atoms with Gasteiger partial charge in [-0.25, -0.2) is 0 Å². The molecule has 0 fully saturated rings. The van der Waals surface area contributed by atoms with Gasteiger partial charge in [-0.1, -0.05) is 130 Å². The third kappa shape index (κ3) is 31.7. The maximum atomic E-state index is 11.9. The number of hydrogen-bond acceptors (Lipinski definition) is 5. The van der Waals surface area contributed by atoms with Crippen LogP contribution in [0.15, 0.2) is 0 Å². The lowest BCUT2D eigenvalue weighted by Crippen LogP contribution is -2.14. The van der Waals surface area contributed by atoms with Crippen molar-refractivity contribution in [3.05, 3.63) is 0 Å². The van der Waals surface area contributed by atoms with Crippen LogP contribution in [0.25, 0.3) is 0 Å². The van der Waals surface area contributed by atoms with E-state index in [0.717, 1.165) is 25.4 Å². The minimum Gasteiger partial charge on any atom is -0.466 e. The molecule has 0 bridgehead atoms. The summed E-state index contributed by atoms with van der Waals surface area (Å²) in [7, 11) is 0. The van der Waals surface area contributed by atoms with Crippen molar-refractivity contribution < 1.29 is 23.7 Å². The topological polar surface area (TPSA) is 54.0 Å². The van der Waals surface area contributed by atoms with E-state index in [1.165, 1.54) is 103 Å². The zero-order valence-electron chi connectivity index (χ0n) is 26.8. The molecular weight excluding hydrogens is 488 g/mol. The van der Waals surface area contributed by atoms with Gasteiger partial charge in [0, 0.05) is 19.6 Å². The minimum absolute atomic E-state index is 0.101. The summed E-state index contributed by atoms with van der Waals surface area (Å²) in [6, 6.07) is 0. The second-order valence-corrected chi connectivity index (χ2v) is 11.8. The van der Waals surface area contributed by atoms with Crippen molar-refractivity contribution in [2.75, 3.05) is 46.2 Å². The average Bonchev–Trinajstić information content (AvgIpc) is 2.92. The molecule has 0 saturated carbocycles. The first-order chi connectivity index (χ1) is 19.1. The van der Waals surface area contributed by atoms with Crippen molar-refractivity contribution in [2.24, 2.45) is 11.8 Å². The Labute approximate surface area is 243 Å². The summed E-state index contributed by atoms with van der Waals surface area (Å²) in [4.78, 5) is 11.9. The van der Waals surface area contributed by atoms with Crippen molar-refractivity contribution in [3.63, 3.8) is 0 Å². The number of hydrogen-bond donors (Lipinski definition) is 0. The number of esters is 1. The van der Waals surface area contributed by atoms with Crippen molar-refractivity contribution in [3.8, 4) is 0 Å². The number of ether oxygens (including phenoxy) is 4. The predicted octanol–water partition coefficient (Wildman–Crippen LogP) is 9.69. The third-order valence-electron chi connectivity index (χ3n) is 7.50. The van der Waals surface area contributed by atoms with E-state index in [-0.39, 0.29) is 5.97 Å². The maximum Gasteiger partial charge on any atom is 0.305 e. The van der Waals surface area contributed by atoms with E-state index in [1.54, 1.807) is 0 Å². The van der Waals surface area contributed by atoms with Gasteiger partial charge in [0.1, 0.15) is 0 Å². The summed E-state index contributed by atoms with van der Waals surface area (Å²) in [5, 5.41) is 0. The van der Waals surface area contributed by atoms with Gasteiger partial charge < -0.3 is 18.9 Å². The van der Waals surface area contributed by atoms with Crippen molar-refractivity contribution in [1.82, 2.24) is 0 Å². The van der Waals surface area contributed by atoms with Crippen LogP contribution >= 0.6 is 0 Å². The molecule has 0 rings (SSSR count). The molecule has 0 spiro atoms. The van der Waals surface area contributed by atoms with E-state index in [2.05, 4.69) is 27.7 Å². The third-order valence-corrected chi connectivity index (χ3v) is 7.50. The van der Waals surface area contributed by atoms with E-state index in [9.17, 15) is 4.79 Å². The second-order valence-electron chi connectivity index (χ2n) is 11.8. The first-order valence-electron chi connectivity index (χ1n) is 17.0. The minimum atomic E-state index is -0.101. The largest absolute Gasteiger partial charge is 0.466 e. The van der Waals surface area contributed by atoms with Gasteiger partial charge in [-0.05, 0) is 31.1 Å². The molecule has 5 heteroatoms. The highest BCUT2D eigenvalue weighted by Gasteiger charge is 2.06. The number of rotatable bonds is 32. The van der Waals surface area contributed by atoms with E-state index in [4.69, 9.17) is 18.9 Å². The fraction of sp³-hybridized carbons (Fsp3) is 0.971. The highest BCUT2D eigenvalue weighted by molar-refractivity contribution is 5.69. The van der Waals surface area contributed by atoms with Crippen LogP contribution in [-0.4, -0.2) is 52.2 Å². The van der Waals surface area contributed by atoms with Crippen molar-refractivity contribution in [1.29, 1.82) is 0 Å². The van der Waals surface area contributed by atoms with Gasteiger partial charge in [-0.2, -0.15) is 0 Å². The smallest absolute Gasteiger partial charge is 0.305 e. The summed E-state index contributed by atoms with van der Waals surface area (Å²) < 4.78 is 22.2. The molecule has 39 heavy (non-hydrogen) atoms. The average molecular weight is 557 g/mol.